The second kappa shape index (κ2) is 6.11. The normalized spacial score (nSPS) is 15.1. The maximum atomic E-state index is 13.6. The summed E-state index contributed by atoms with van der Waals surface area (Å²) in [7, 11) is -3.98. The van der Waals surface area contributed by atoms with Gasteiger partial charge in [0.05, 0.1) is 17.2 Å². The molecular formula is C18H15FN2O4S. The lowest BCUT2D eigenvalue weighted by Gasteiger charge is -2.19. The molecule has 0 N–H and O–H groups in total. The Morgan fingerprint density at radius 3 is 2.54 bits per heavy atom. The Kier molecular flexibility index (Phi) is 4.20. The van der Waals surface area contributed by atoms with Crippen molar-refractivity contribution in [1.82, 2.24) is 4.31 Å². The number of hydrogen-bond acceptors (Lipinski definition) is 5. The molecule has 0 radical (unpaired) electrons. The van der Waals surface area contributed by atoms with E-state index in [9.17, 15) is 17.6 Å². The fourth-order valence-corrected chi connectivity index (χ4v) is 4.93. The number of sulfonamides is 1. The van der Waals surface area contributed by atoms with Crippen molar-refractivity contribution in [1.29, 1.82) is 5.26 Å². The number of nitrogens with zero attached hydrogens (tertiary/aromatic N) is 2. The minimum absolute atomic E-state index is 0.0621. The van der Waals surface area contributed by atoms with Crippen LogP contribution in [0.15, 0.2) is 35.2 Å². The van der Waals surface area contributed by atoms with Crippen LogP contribution in [-0.2, 0) is 10.0 Å². The third-order valence-corrected chi connectivity index (χ3v) is 6.15. The maximum absolute atomic E-state index is 13.6. The zero-order valence-electron chi connectivity index (χ0n) is 14.3. The van der Waals surface area contributed by atoms with Crippen molar-refractivity contribution in [3.8, 4) is 17.6 Å². The van der Waals surface area contributed by atoms with Crippen LogP contribution in [0.25, 0.3) is 0 Å². The van der Waals surface area contributed by atoms with Gasteiger partial charge in [0.15, 0.2) is 0 Å². The van der Waals surface area contributed by atoms with Crippen molar-refractivity contribution in [2.45, 2.75) is 31.7 Å². The molecule has 1 heterocycles. The van der Waals surface area contributed by atoms with Gasteiger partial charge in [-0.1, -0.05) is 0 Å². The van der Waals surface area contributed by atoms with Gasteiger partial charge in [0, 0.05) is 17.7 Å². The minimum Gasteiger partial charge on any atom is -0.457 e. The van der Waals surface area contributed by atoms with Crippen molar-refractivity contribution >= 4 is 15.9 Å². The van der Waals surface area contributed by atoms with E-state index >= 15 is 0 Å². The second-order valence-electron chi connectivity index (χ2n) is 6.15. The first kappa shape index (κ1) is 17.9. The molecule has 2 aromatic rings. The number of ether oxygens (including phenoxy) is 1. The van der Waals surface area contributed by atoms with Crippen molar-refractivity contribution in [3.63, 3.8) is 0 Å². The Bertz CT molecular complexity index is 1070. The molecule has 2 aromatic carbocycles. The molecule has 0 fully saturated rings. The number of fused-ring (bicyclic) bond motifs is 1. The molecule has 1 aliphatic rings. The molecule has 3 rings (SSSR count). The van der Waals surface area contributed by atoms with Gasteiger partial charge in [0.1, 0.15) is 22.2 Å². The van der Waals surface area contributed by atoms with Gasteiger partial charge in [-0.25, -0.2) is 17.1 Å². The Balaban J connectivity index is 2.10. The van der Waals surface area contributed by atoms with Gasteiger partial charge in [0.2, 0.25) is 0 Å². The molecule has 0 aromatic heterocycles. The van der Waals surface area contributed by atoms with Crippen LogP contribution in [0, 0.1) is 24.1 Å². The van der Waals surface area contributed by atoms with E-state index in [0.29, 0.717) is 0 Å². The Hall–Kier alpha value is -2.92. The van der Waals surface area contributed by atoms with Gasteiger partial charge in [0.25, 0.3) is 15.9 Å². The summed E-state index contributed by atoms with van der Waals surface area (Å²) >= 11 is 0. The number of carbonyl (C=O) groups is 1. The molecule has 0 unspecified atom stereocenters. The van der Waals surface area contributed by atoms with E-state index in [-0.39, 0.29) is 33.1 Å². The summed E-state index contributed by atoms with van der Waals surface area (Å²) in [5, 5.41) is 8.92. The summed E-state index contributed by atoms with van der Waals surface area (Å²) in [5.41, 5.74) is 0.412. The first-order valence-corrected chi connectivity index (χ1v) is 9.21. The highest BCUT2D eigenvalue weighted by atomic mass is 32.2. The zero-order valence-corrected chi connectivity index (χ0v) is 15.1. The lowest BCUT2D eigenvalue weighted by Crippen LogP contribution is -2.36. The Morgan fingerprint density at radius 2 is 1.92 bits per heavy atom. The van der Waals surface area contributed by atoms with Gasteiger partial charge in [-0.2, -0.15) is 5.26 Å². The molecule has 1 amide bonds. The smallest absolute Gasteiger partial charge is 0.269 e. The Labute approximate surface area is 150 Å². The third kappa shape index (κ3) is 2.70. The Morgan fingerprint density at radius 1 is 1.23 bits per heavy atom. The van der Waals surface area contributed by atoms with Crippen LogP contribution < -0.4 is 4.74 Å². The SMILES string of the molecule is Cc1c(Oc2cc(F)cc(C#N)c2)ccc2c1S(=O)(=O)N(C(C)C)C2=O. The van der Waals surface area contributed by atoms with E-state index in [1.54, 1.807) is 13.8 Å². The summed E-state index contributed by atoms with van der Waals surface area (Å²) in [5.74, 6) is -0.999. The number of carbonyl (C=O) groups excluding carboxylic acids is 1. The first-order valence-electron chi connectivity index (χ1n) is 7.77. The summed E-state index contributed by atoms with van der Waals surface area (Å²) in [6, 6.07) is 7.63. The van der Waals surface area contributed by atoms with Crippen LogP contribution in [0.5, 0.6) is 11.5 Å². The van der Waals surface area contributed by atoms with Crippen molar-refractivity contribution in [2.75, 3.05) is 0 Å². The van der Waals surface area contributed by atoms with E-state index in [4.69, 9.17) is 10.00 Å². The second-order valence-corrected chi connectivity index (χ2v) is 7.91. The average Bonchev–Trinajstić information content (AvgIpc) is 2.75. The molecule has 0 spiro atoms. The van der Waals surface area contributed by atoms with Crippen LogP contribution in [0.1, 0.15) is 35.3 Å². The van der Waals surface area contributed by atoms with E-state index in [1.165, 1.54) is 25.1 Å². The molecule has 8 heteroatoms. The summed E-state index contributed by atoms with van der Waals surface area (Å²) in [6.07, 6.45) is 0. The van der Waals surface area contributed by atoms with Crippen molar-refractivity contribution in [3.05, 3.63) is 52.8 Å². The van der Waals surface area contributed by atoms with Crippen LogP contribution in [0.2, 0.25) is 0 Å². The highest BCUT2D eigenvalue weighted by Gasteiger charge is 2.44. The highest BCUT2D eigenvalue weighted by molar-refractivity contribution is 7.90. The largest absolute Gasteiger partial charge is 0.457 e. The number of rotatable bonds is 3. The monoisotopic (exact) mass is 374 g/mol. The predicted molar refractivity (Wildman–Crippen MR) is 90.9 cm³/mol. The van der Waals surface area contributed by atoms with Crippen LogP contribution in [0.4, 0.5) is 4.39 Å². The summed E-state index contributed by atoms with van der Waals surface area (Å²) in [4.78, 5) is 12.3. The minimum atomic E-state index is -3.98. The quantitative estimate of drug-likeness (QED) is 0.822. The molecule has 26 heavy (non-hydrogen) atoms. The van der Waals surface area contributed by atoms with Gasteiger partial charge >= 0.3 is 0 Å². The summed E-state index contributed by atoms with van der Waals surface area (Å²) in [6.45, 7) is 4.75. The van der Waals surface area contributed by atoms with E-state index in [2.05, 4.69) is 0 Å². The number of halogens is 1. The van der Waals surface area contributed by atoms with E-state index in [1.807, 2.05) is 6.07 Å². The van der Waals surface area contributed by atoms with E-state index in [0.717, 1.165) is 16.4 Å². The molecule has 0 saturated heterocycles. The highest BCUT2D eigenvalue weighted by Crippen LogP contribution is 2.39. The fraction of sp³-hybridized carbons (Fsp3) is 0.222. The number of nitriles is 1. The number of benzene rings is 2. The average molecular weight is 374 g/mol. The van der Waals surface area contributed by atoms with Gasteiger partial charge < -0.3 is 4.74 Å². The third-order valence-electron chi connectivity index (χ3n) is 4.00. The molecule has 0 bridgehead atoms. The van der Waals surface area contributed by atoms with E-state index < -0.39 is 27.8 Å². The molecule has 1 aliphatic heterocycles. The fourth-order valence-electron chi connectivity index (χ4n) is 2.94. The molecular weight excluding hydrogens is 359 g/mol. The molecule has 0 saturated carbocycles. The molecule has 0 atom stereocenters. The maximum Gasteiger partial charge on any atom is 0.269 e. The number of hydrogen-bond donors (Lipinski definition) is 0. The topological polar surface area (TPSA) is 87.5 Å². The lowest BCUT2D eigenvalue weighted by molar-refractivity contribution is 0.0846. The van der Waals surface area contributed by atoms with Gasteiger partial charge in [-0.15, -0.1) is 0 Å². The zero-order chi connectivity index (χ0) is 19.2. The van der Waals surface area contributed by atoms with Gasteiger partial charge in [-0.3, -0.25) is 4.79 Å². The van der Waals surface area contributed by atoms with Crippen LogP contribution in [0.3, 0.4) is 0 Å². The standard InChI is InChI=1S/C18H15FN2O4S/c1-10(2)21-18(22)15-4-5-16(11(3)17(15)26(21,23)24)25-14-7-12(9-20)6-13(19)8-14/h4-8,10H,1-3H3. The molecule has 6 nitrogen and oxygen atoms in total. The predicted octanol–water partition coefficient (Wildman–Crippen LogP) is 3.35. The van der Waals surface area contributed by atoms with Crippen LogP contribution in [-0.4, -0.2) is 24.7 Å². The van der Waals surface area contributed by atoms with Crippen molar-refractivity contribution < 1.29 is 22.3 Å². The first-order chi connectivity index (χ1) is 12.2. The molecule has 0 aliphatic carbocycles. The van der Waals surface area contributed by atoms with Gasteiger partial charge in [-0.05, 0) is 45.0 Å². The van der Waals surface area contributed by atoms with Crippen molar-refractivity contribution in [2.24, 2.45) is 0 Å². The molecule has 134 valence electrons. The number of amides is 1. The summed E-state index contributed by atoms with van der Waals surface area (Å²) < 4.78 is 45.5. The lowest BCUT2D eigenvalue weighted by atomic mass is 10.1. The van der Waals surface area contributed by atoms with Crippen LogP contribution >= 0.6 is 0 Å².